The van der Waals surface area contributed by atoms with Crippen molar-refractivity contribution in [2.24, 2.45) is 22.7 Å². The third-order valence-electron chi connectivity index (χ3n) is 12.9. The topological polar surface area (TPSA) is 158 Å². The molecular weight excluding hydrogens is 771 g/mol. The van der Waals surface area contributed by atoms with E-state index in [0.29, 0.717) is 18.9 Å². The van der Waals surface area contributed by atoms with Gasteiger partial charge in [0.1, 0.15) is 17.9 Å². The fourth-order valence-corrected chi connectivity index (χ4v) is 9.70. The number of imidazole rings is 1. The molecule has 3 aromatic carbocycles. The number of aromatic nitrogens is 2. The molecule has 13 nitrogen and oxygen atoms in total. The van der Waals surface area contributed by atoms with E-state index in [-0.39, 0.29) is 49.2 Å². The van der Waals surface area contributed by atoms with Crippen LogP contribution in [0, 0.1) is 17.8 Å². The van der Waals surface area contributed by atoms with Crippen LogP contribution < -0.4 is 10.6 Å². The molecule has 1 saturated carbocycles. The van der Waals surface area contributed by atoms with Gasteiger partial charge in [-0.05, 0) is 95.0 Å². The molecule has 4 aromatic rings. The second-order valence-corrected chi connectivity index (χ2v) is 17.3. The molecule has 322 valence electrons. The molecule has 0 unspecified atom stereocenters. The van der Waals surface area contributed by atoms with Gasteiger partial charge >= 0.3 is 12.2 Å². The number of fused-ring (bicyclic) bond motifs is 3. The SMILES string of the molecule is C.COC(=O)N[C@H](C(=O)N1CCC[C@H]1C1=NC=C(c2ccc(-c3ccc4cc(-c5cnc([C@@H]6[C@H]7CC[C@H](C7)N6C(=O)[C@@H](NC(=O)OC)C(C)C)[nH]5)ccc4c3)cc2)C1)C(C)C. The Morgan fingerprint density at radius 2 is 1.38 bits per heavy atom. The summed E-state index contributed by atoms with van der Waals surface area (Å²) in [6.07, 6.45) is 7.92. The summed E-state index contributed by atoms with van der Waals surface area (Å²) in [7, 11) is 2.61. The van der Waals surface area contributed by atoms with Crippen molar-refractivity contribution in [3.8, 4) is 22.4 Å². The van der Waals surface area contributed by atoms with Crippen LogP contribution in [-0.2, 0) is 19.1 Å². The average Bonchev–Trinajstić information content (AvgIpc) is 4.12. The number of benzene rings is 3. The first-order valence-electron chi connectivity index (χ1n) is 21.2. The van der Waals surface area contributed by atoms with Crippen molar-refractivity contribution in [1.82, 2.24) is 30.4 Å². The first kappa shape index (κ1) is 43.1. The zero-order valence-electron chi connectivity index (χ0n) is 35.2. The minimum absolute atomic E-state index is 0. The summed E-state index contributed by atoms with van der Waals surface area (Å²) in [6.45, 7) is 8.34. The molecule has 4 aliphatic rings. The number of piperidine rings is 1. The normalized spacial score (nSPS) is 21.6. The number of ether oxygens (including phenoxy) is 2. The molecule has 1 aliphatic carbocycles. The zero-order chi connectivity index (χ0) is 42.2. The van der Waals surface area contributed by atoms with Gasteiger partial charge < -0.3 is 34.9 Å². The molecule has 61 heavy (non-hydrogen) atoms. The predicted molar refractivity (Wildman–Crippen MR) is 238 cm³/mol. The van der Waals surface area contributed by atoms with Gasteiger partial charge in [-0.15, -0.1) is 0 Å². The van der Waals surface area contributed by atoms with Crippen LogP contribution in [0.3, 0.4) is 0 Å². The molecule has 6 atom stereocenters. The number of amides is 4. The van der Waals surface area contributed by atoms with E-state index >= 15 is 0 Å². The Morgan fingerprint density at radius 1 is 0.770 bits per heavy atom. The van der Waals surface area contributed by atoms with Crippen molar-refractivity contribution in [3.05, 3.63) is 84.4 Å². The summed E-state index contributed by atoms with van der Waals surface area (Å²) in [4.78, 5) is 68.7. The summed E-state index contributed by atoms with van der Waals surface area (Å²) >= 11 is 0. The third kappa shape index (κ3) is 8.52. The lowest BCUT2D eigenvalue weighted by Gasteiger charge is -2.37. The highest BCUT2D eigenvalue weighted by Gasteiger charge is 2.51. The van der Waals surface area contributed by atoms with Crippen LogP contribution in [0.5, 0.6) is 0 Å². The lowest BCUT2D eigenvalue weighted by atomic mass is 9.95. The standard InChI is InChI=1S/C47H55N7O6.CH4/c1-26(2)40(51-46(57)59-5)44(55)53-19-7-8-39(53)37-23-35(24-48-37)29-11-9-28(10-12-29)30-13-14-32-21-33(16-15-31(32)20-30)38-25-49-43(50-38)42-34-17-18-36(22-34)54(42)45(56)41(27(3)4)52-47(58)60-6;/h9-16,20-21,24-27,34,36,39-42H,7-8,17-19,22-23H2,1-6H3,(H,49,50)(H,51,57)(H,52,58);1H4/t34-,36+,39-,40-,41-,42-;/m0./s1. The lowest BCUT2D eigenvalue weighted by molar-refractivity contribution is -0.139. The smallest absolute Gasteiger partial charge is 0.407 e. The second-order valence-electron chi connectivity index (χ2n) is 17.3. The summed E-state index contributed by atoms with van der Waals surface area (Å²) in [5, 5.41) is 7.72. The Hall–Kier alpha value is -5.98. The number of H-pyrrole nitrogens is 1. The highest BCUT2D eigenvalue weighted by molar-refractivity contribution is 6.04. The number of carbonyl (C=O) groups is 4. The minimum atomic E-state index is -0.679. The highest BCUT2D eigenvalue weighted by atomic mass is 16.5. The van der Waals surface area contributed by atoms with Gasteiger partial charge in [-0.1, -0.05) is 83.7 Å². The number of allylic oxidation sites excluding steroid dienone is 1. The van der Waals surface area contributed by atoms with Crippen molar-refractivity contribution in [2.45, 2.75) is 104 Å². The maximum atomic E-state index is 14.0. The van der Waals surface area contributed by atoms with Crippen LogP contribution in [0.4, 0.5) is 9.59 Å². The number of rotatable bonds is 11. The number of alkyl carbamates (subject to hydrolysis) is 2. The number of carbonyl (C=O) groups excluding carboxylic acids is 4. The van der Waals surface area contributed by atoms with E-state index in [4.69, 9.17) is 19.5 Å². The Labute approximate surface area is 358 Å². The van der Waals surface area contributed by atoms with Crippen LogP contribution in [-0.4, -0.2) is 94.4 Å². The summed E-state index contributed by atoms with van der Waals surface area (Å²) in [5.74, 6) is 0.727. The van der Waals surface area contributed by atoms with Gasteiger partial charge in [0.05, 0.1) is 38.2 Å². The number of aliphatic imine (C=N–C) groups is 1. The molecular formula is C48H59N7O6. The summed E-state index contributed by atoms with van der Waals surface area (Å²) in [6, 6.07) is 20.0. The van der Waals surface area contributed by atoms with Gasteiger partial charge in [-0.2, -0.15) is 0 Å². The molecule has 0 spiro atoms. The number of aromatic amines is 1. The van der Waals surface area contributed by atoms with Crippen molar-refractivity contribution in [3.63, 3.8) is 0 Å². The van der Waals surface area contributed by atoms with E-state index < -0.39 is 24.3 Å². The molecule has 4 heterocycles. The fourth-order valence-electron chi connectivity index (χ4n) is 9.70. The van der Waals surface area contributed by atoms with Crippen LogP contribution in [0.15, 0.2) is 78.1 Å². The van der Waals surface area contributed by atoms with Gasteiger partial charge in [0.25, 0.3) is 0 Å². The maximum Gasteiger partial charge on any atom is 0.407 e. The van der Waals surface area contributed by atoms with E-state index in [1.807, 2.05) is 49.9 Å². The summed E-state index contributed by atoms with van der Waals surface area (Å²) < 4.78 is 9.61. The van der Waals surface area contributed by atoms with E-state index in [9.17, 15) is 19.2 Å². The van der Waals surface area contributed by atoms with Gasteiger partial charge in [0.2, 0.25) is 11.8 Å². The molecule has 1 aromatic heterocycles. The average molecular weight is 830 g/mol. The first-order chi connectivity index (χ1) is 28.9. The van der Waals surface area contributed by atoms with E-state index in [1.54, 1.807) is 0 Å². The monoisotopic (exact) mass is 829 g/mol. The van der Waals surface area contributed by atoms with Crippen molar-refractivity contribution < 1.29 is 28.7 Å². The number of methoxy groups -OCH3 is 2. The largest absolute Gasteiger partial charge is 0.453 e. The number of nitrogens with one attached hydrogen (secondary N) is 3. The second kappa shape index (κ2) is 17.9. The molecule has 8 rings (SSSR count). The van der Waals surface area contributed by atoms with Gasteiger partial charge in [-0.25, -0.2) is 14.6 Å². The third-order valence-corrected chi connectivity index (χ3v) is 12.9. The number of likely N-dealkylation sites (tertiary alicyclic amines) is 2. The minimum Gasteiger partial charge on any atom is -0.453 e. The number of nitrogens with zero attached hydrogens (tertiary/aromatic N) is 4. The van der Waals surface area contributed by atoms with Gasteiger partial charge in [0.15, 0.2) is 0 Å². The lowest BCUT2D eigenvalue weighted by Crippen LogP contribution is -2.54. The fraction of sp³-hybridized carbons (Fsp3) is 0.458. The van der Waals surface area contributed by atoms with Gasteiger partial charge in [0, 0.05) is 36.5 Å². The molecule has 4 amide bonds. The molecule has 2 saturated heterocycles. The maximum absolute atomic E-state index is 14.0. The number of hydrogen-bond donors (Lipinski definition) is 3. The molecule has 3 fully saturated rings. The van der Waals surface area contributed by atoms with Crippen molar-refractivity contribution >= 4 is 46.1 Å². The quantitative estimate of drug-likeness (QED) is 0.137. The molecule has 0 radical (unpaired) electrons. The number of hydrogen-bond acceptors (Lipinski definition) is 8. The Morgan fingerprint density at radius 3 is 2.03 bits per heavy atom. The zero-order valence-corrected chi connectivity index (χ0v) is 35.2. The van der Waals surface area contributed by atoms with Crippen LogP contribution in [0.25, 0.3) is 38.7 Å². The molecule has 13 heteroatoms. The van der Waals surface area contributed by atoms with Gasteiger partial charge in [-0.3, -0.25) is 14.6 Å². The van der Waals surface area contributed by atoms with Crippen molar-refractivity contribution in [2.75, 3.05) is 20.8 Å². The Kier molecular flexibility index (Phi) is 12.7. The van der Waals surface area contributed by atoms with E-state index in [0.717, 1.165) is 87.9 Å². The van der Waals surface area contributed by atoms with Crippen LogP contribution >= 0.6 is 0 Å². The molecule has 2 bridgehead atoms. The first-order valence-corrected chi connectivity index (χ1v) is 21.2. The summed E-state index contributed by atoms with van der Waals surface area (Å²) in [5.41, 5.74) is 7.33. The van der Waals surface area contributed by atoms with E-state index in [2.05, 4.69) is 76.3 Å². The Balaban J connectivity index is 0.00000561. The van der Waals surface area contributed by atoms with Crippen LogP contribution in [0.2, 0.25) is 0 Å². The van der Waals surface area contributed by atoms with E-state index in [1.165, 1.54) is 14.2 Å². The Bertz CT molecular complexity index is 2350. The molecule has 3 N–H and O–H groups in total. The highest BCUT2D eigenvalue weighted by Crippen LogP contribution is 2.50. The van der Waals surface area contributed by atoms with Crippen LogP contribution in [0.1, 0.15) is 91.1 Å². The van der Waals surface area contributed by atoms with Crippen molar-refractivity contribution in [1.29, 1.82) is 0 Å². The molecule has 3 aliphatic heterocycles. The predicted octanol–water partition coefficient (Wildman–Crippen LogP) is 8.52.